The lowest BCUT2D eigenvalue weighted by Gasteiger charge is -2.19. The molecule has 8 heteroatoms. The van der Waals surface area contributed by atoms with Gasteiger partial charge in [-0.15, -0.1) is 0 Å². The number of hydrogen-bond acceptors (Lipinski definition) is 4. The third-order valence-electron chi connectivity index (χ3n) is 4.25. The van der Waals surface area contributed by atoms with E-state index >= 15 is 0 Å². The van der Waals surface area contributed by atoms with Crippen molar-refractivity contribution in [2.75, 3.05) is 14.2 Å². The Morgan fingerprint density at radius 2 is 1.89 bits per heavy atom. The van der Waals surface area contributed by atoms with Gasteiger partial charge in [0.15, 0.2) is 0 Å². The van der Waals surface area contributed by atoms with Crippen LogP contribution in [0, 0.1) is 0 Å². The molecule has 0 saturated carbocycles. The number of carbonyl (C=O) groups is 1. The van der Waals surface area contributed by atoms with Crippen molar-refractivity contribution >= 4 is 28.3 Å². The maximum absolute atomic E-state index is 12.6. The number of nitrogens with zero attached hydrogens (tertiary/aromatic N) is 2. The minimum absolute atomic E-state index is 0.245. The number of nitrogens with one attached hydrogen (secondary N) is 1. The molecular weight excluding hydrogens is 370 g/mol. The summed E-state index contributed by atoms with van der Waals surface area (Å²) in [7, 11) is 3.14. The zero-order valence-corrected chi connectivity index (χ0v) is 15.6. The number of hydrogen-bond donors (Lipinski definition) is 1. The maximum atomic E-state index is 12.6. The van der Waals surface area contributed by atoms with E-state index in [4.69, 9.17) is 16.3 Å². The summed E-state index contributed by atoms with van der Waals surface area (Å²) in [5.41, 5.74) is -0.107. The number of benzene rings is 2. The summed E-state index contributed by atoms with van der Waals surface area (Å²) in [6.45, 7) is -0.0343. The number of amides is 1. The van der Waals surface area contributed by atoms with E-state index in [2.05, 4.69) is 5.10 Å². The molecule has 140 valence electrons. The molecule has 27 heavy (non-hydrogen) atoms. The van der Waals surface area contributed by atoms with Crippen molar-refractivity contribution in [3.05, 3.63) is 73.8 Å². The van der Waals surface area contributed by atoms with Gasteiger partial charge in [0, 0.05) is 24.2 Å². The average molecular weight is 388 g/mol. The number of aromatic nitrogens is 2. The van der Waals surface area contributed by atoms with Crippen LogP contribution < -0.4 is 15.9 Å². The van der Waals surface area contributed by atoms with Crippen LogP contribution in [0.25, 0.3) is 10.8 Å². The van der Waals surface area contributed by atoms with Crippen molar-refractivity contribution in [1.29, 1.82) is 0 Å². The lowest BCUT2D eigenvalue weighted by atomic mass is 10.2. The first-order chi connectivity index (χ1) is 12.9. The summed E-state index contributed by atoms with van der Waals surface area (Å²) in [6, 6.07) is 11.6. The fourth-order valence-corrected chi connectivity index (χ4v) is 3.02. The standard InChI is InChI=1S/C19H18ClN3O4/c1-22(10-12-9-13(20)7-8-16(12)27-2)17(24)11-23-19(26)15-6-4-3-5-14(15)18(25)21-23/h3-9H,10-11H2,1-2H3,(H,21,25). The maximum Gasteiger partial charge on any atom is 0.273 e. The Balaban J connectivity index is 1.85. The third-order valence-corrected chi connectivity index (χ3v) is 4.49. The smallest absolute Gasteiger partial charge is 0.273 e. The van der Waals surface area contributed by atoms with Gasteiger partial charge in [-0.3, -0.25) is 19.5 Å². The van der Waals surface area contributed by atoms with Crippen molar-refractivity contribution in [3.63, 3.8) is 0 Å². The predicted octanol–water partition coefficient (Wildman–Crippen LogP) is 2.01. The quantitative estimate of drug-likeness (QED) is 0.725. The molecule has 0 radical (unpaired) electrons. The molecule has 0 bridgehead atoms. The topological polar surface area (TPSA) is 84.4 Å². The molecule has 0 atom stereocenters. The molecule has 2 aromatic carbocycles. The monoisotopic (exact) mass is 387 g/mol. The van der Waals surface area contributed by atoms with Gasteiger partial charge in [-0.2, -0.15) is 0 Å². The normalized spacial score (nSPS) is 10.8. The van der Waals surface area contributed by atoms with E-state index in [9.17, 15) is 14.4 Å². The molecule has 0 unspecified atom stereocenters. The van der Waals surface area contributed by atoms with Crippen molar-refractivity contribution in [2.24, 2.45) is 0 Å². The third kappa shape index (κ3) is 3.88. The number of rotatable bonds is 5. The van der Waals surface area contributed by atoms with Crippen LogP contribution in [0.4, 0.5) is 0 Å². The highest BCUT2D eigenvalue weighted by atomic mass is 35.5. The molecule has 1 heterocycles. The Morgan fingerprint density at radius 3 is 2.59 bits per heavy atom. The van der Waals surface area contributed by atoms with E-state index in [0.717, 1.165) is 10.2 Å². The largest absolute Gasteiger partial charge is 0.496 e. The van der Waals surface area contributed by atoms with E-state index in [1.807, 2.05) is 0 Å². The van der Waals surface area contributed by atoms with Crippen molar-refractivity contribution in [3.8, 4) is 5.75 Å². The van der Waals surface area contributed by atoms with Crippen LogP contribution in [0.3, 0.4) is 0 Å². The summed E-state index contributed by atoms with van der Waals surface area (Å²) in [5.74, 6) is 0.264. The summed E-state index contributed by atoms with van der Waals surface area (Å²) < 4.78 is 6.31. The number of H-pyrrole nitrogens is 1. The average Bonchev–Trinajstić information content (AvgIpc) is 2.66. The number of ether oxygens (including phenoxy) is 1. The van der Waals surface area contributed by atoms with E-state index < -0.39 is 11.1 Å². The Kier molecular flexibility index (Phi) is 5.32. The summed E-state index contributed by atoms with van der Waals surface area (Å²) in [5, 5.41) is 3.55. The summed E-state index contributed by atoms with van der Waals surface area (Å²) in [4.78, 5) is 38.7. The number of methoxy groups -OCH3 is 1. The number of halogens is 1. The zero-order valence-electron chi connectivity index (χ0n) is 14.9. The molecule has 0 aliphatic rings. The highest BCUT2D eigenvalue weighted by Gasteiger charge is 2.15. The molecule has 0 fully saturated rings. The van der Waals surface area contributed by atoms with E-state index in [-0.39, 0.29) is 24.4 Å². The molecule has 1 amide bonds. The van der Waals surface area contributed by atoms with Gasteiger partial charge in [0.1, 0.15) is 12.3 Å². The first kappa shape index (κ1) is 18.7. The van der Waals surface area contributed by atoms with Crippen LogP contribution in [0.15, 0.2) is 52.1 Å². The van der Waals surface area contributed by atoms with Gasteiger partial charge < -0.3 is 9.64 Å². The fourth-order valence-electron chi connectivity index (χ4n) is 2.83. The Labute approximate surface area is 159 Å². The van der Waals surface area contributed by atoms with Gasteiger partial charge in [0.25, 0.3) is 11.1 Å². The fraction of sp³-hybridized carbons (Fsp3) is 0.211. The van der Waals surface area contributed by atoms with Gasteiger partial charge in [-0.25, -0.2) is 4.68 Å². The molecular formula is C19H18ClN3O4. The van der Waals surface area contributed by atoms with Crippen LogP contribution in [0.5, 0.6) is 5.75 Å². The molecule has 0 aliphatic heterocycles. The highest BCUT2D eigenvalue weighted by Crippen LogP contribution is 2.23. The lowest BCUT2D eigenvalue weighted by molar-refractivity contribution is -0.131. The number of likely N-dealkylation sites (N-methyl/N-ethyl adjacent to an activating group) is 1. The summed E-state index contributed by atoms with van der Waals surface area (Å²) >= 11 is 6.02. The molecule has 3 rings (SSSR count). The van der Waals surface area contributed by atoms with Gasteiger partial charge >= 0.3 is 0 Å². The number of carbonyl (C=O) groups excluding carboxylic acids is 1. The highest BCUT2D eigenvalue weighted by molar-refractivity contribution is 6.30. The number of fused-ring (bicyclic) bond motifs is 1. The molecule has 7 nitrogen and oxygen atoms in total. The van der Waals surface area contributed by atoms with E-state index in [1.54, 1.807) is 49.5 Å². The number of aromatic amines is 1. The first-order valence-electron chi connectivity index (χ1n) is 8.19. The summed E-state index contributed by atoms with van der Waals surface area (Å²) in [6.07, 6.45) is 0. The van der Waals surface area contributed by atoms with Gasteiger partial charge in [-0.05, 0) is 30.3 Å². The van der Waals surface area contributed by atoms with Crippen molar-refractivity contribution in [1.82, 2.24) is 14.7 Å². The second-order valence-electron chi connectivity index (χ2n) is 6.08. The second kappa shape index (κ2) is 7.67. The SMILES string of the molecule is COc1ccc(Cl)cc1CN(C)C(=O)Cn1[nH]c(=O)c2ccccc2c1=O. The molecule has 1 aromatic heterocycles. The predicted molar refractivity (Wildman–Crippen MR) is 103 cm³/mol. The Bertz CT molecular complexity index is 1120. The van der Waals surface area contributed by atoms with E-state index in [0.29, 0.717) is 16.2 Å². The van der Waals surface area contributed by atoms with Crippen molar-refractivity contribution < 1.29 is 9.53 Å². The van der Waals surface area contributed by atoms with Crippen LogP contribution in [-0.4, -0.2) is 34.7 Å². The van der Waals surface area contributed by atoms with E-state index in [1.165, 1.54) is 12.0 Å². The first-order valence-corrected chi connectivity index (χ1v) is 8.56. The van der Waals surface area contributed by atoms with Crippen molar-refractivity contribution in [2.45, 2.75) is 13.1 Å². The Morgan fingerprint density at radius 1 is 1.19 bits per heavy atom. The van der Waals surface area contributed by atoms with Gasteiger partial charge in [0.2, 0.25) is 5.91 Å². The van der Waals surface area contributed by atoms with Crippen LogP contribution in [0.2, 0.25) is 5.02 Å². The zero-order chi connectivity index (χ0) is 19.6. The lowest BCUT2D eigenvalue weighted by Crippen LogP contribution is -2.37. The second-order valence-corrected chi connectivity index (χ2v) is 6.52. The minimum atomic E-state index is -0.424. The van der Waals surface area contributed by atoms with Crippen LogP contribution in [0.1, 0.15) is 5.56 Å². The van der Waals surface area contributed by atoms with Gasteiger partial charge in [-0.1, -0.05) is 23.7 Å². The van der Waals surface area contributed by atoms with Gasteiger partial charge in [0.05, 0.1) is 17.9 Å². The Hall–Kier alpha value is -3.06. The molecule has 1 N–H and O–H groups in total. The van der Waals surface area contributed by atoms with Crippen LogP contribution >= 0.6 is 11.6 Å². The molecule has 0 saturated heterocycles. The minimum Gasteiger partial charge on any atom is -0.496 e. The molecule has 0 spiro atoms. The molecule has 3 aromatic rings. The van der Waals surface area contributed by atoms with Crippen LogP contribution in [-0.2, 0) is 17.9 Å². The molecule has 0 aliphatic carbocycles.